The minimum absolute atomic E-state index is 0.0742. The highest BCUT2D eigenvalue weighted by Gasteiger charge is 2.22. The van der Waals surface area contributed by atoms with Crippen LogP contribution in [0.25, 0.3) is 0 Å². The van der Waals surface area contributed by atoms with Crippen LogP contribution >= 0.6 is 0 Å². The molecule has 94 valence electrons. The van der Waals surface area contributed by atoms with Crippen molar-refractivity contribution in [2.24, 2.45) is 5.92 Å². The Kier molecular flexibility index (Phi) is 6.53. The maximum absolute atomic E-state index is 11.4. The van der Waals surface area contributed by atoms with Crippen LogP contribution in [0.3, 0.4) is 0 Å². The highest BCUT2D eigenvalue weighted by Crippen LogP contribution is 2.05. The van der Waals surface area contributed by atoms with Crippen LogP contribution < -0.4 is 10.6 Å². The molecule has 2 N–H and O–H groups in total. The molecular weight excluding hydrogens is 208 g/mol. The van der Waals surface area contributed by atoms with Gasteiger partial charge in [-0.3, -0.25) is 4.79 Å². The summed E-state index contributed by atoms with van der Waals surface area (Å²) in [7, 11) is 0. The smallest absolute Gasteiger partial charge is 0.315 e. The van der Waals surface area contributed by atoms with Crippen molar-refractivity contribution in [3.63, 3.8) is 0 Å². The second kappa shape index (κ2) is 7.09. The normalized spacial score (nSPS) is 14.1. The number of hydrogen-bond donors (Lipinski definition) is 2. The third kappa shape index (κ3) is 5.58. The van der Waals surface area contributed by atoms with Gasteiger partial charge in [0.05, 0.1) is 12.5 Å². The first-order chi connectivity index (χ1) is 7.38. The number of amides is 2. The average molecular weight is 230 g/mol. The second-order valence-corrected chi connectivity index (χ2v) is 4.10. The van der Waals surface area contributed by atoms with E-state index >= 15 is 0 Å². The predicted molar refractivity (Wildman–Crippen MR) is 62.1 cm³/mol. The molecule has 0 aliphatic carbocycles. The van der Waals surface area contributed by atoms with E-state index in [4.69, 9.17) is 4.74 Å². The Balaban J connectivity index is 4.09. The number of urea groups is 1. The molecule has 0 spiro atoms. The van der Waals surface area contributed by atoms with Crippen molar-refractivity contribution in [1.82, 2.24) is 10.6 Å². The van der Waals surface area contributed by atoms with Gasteiger partial charge in [0.1, 0.15) is 0 Å². The van der Waals surface area contributed by atoms with Gasteiger partial charge >= 0.3 is 12.0 Å². The van der Waals surface area contributed by atoms with E-state index in [1.165, 1.54) is 0 Å². The zero-order valence-electron chi connectivity index (χ0n) is 10.7. The molecule has 5 nitrogen and oxygen atoms in total. The van der Waals surface area contributed by atoms with Crippen LogP contribution in [0, 0.1) is 5.92 Å². The van der Waals surface area contributed by atoms with Gasteiger partial charge in [0.15, 0.2) is 0 Å². The van der Waals surface area contributed by atoms with Gasteiger partial charge in [-0.25, -0.2) is 4.79 Å². The average Bonchev–Trinajstić information content (AvgIpc) is 2.15. The van der Waals surface area contributed by atoms with E-state index in [9.17, 15) is 9.59 Å². The van der Waals surface area contributed by atoms with Crippen molar-refractivity contribution < 1.29 is 14.3 Å². The van der Waals surface area contributed by atoms with Crippen molar-refractivity contribution in [2.75, 3.05) is 6.61 Å². The number of carbonyl (C=O) groups excluding carboxylic acids is 2. The van der Waals surface area contributed by atoms with Gasteiger partial charge in [-0.1, -0.05) is 0 Å². The van der Waals surface area contributed by atoms with E-state index in [1.54, 1.807) is 20.8 Å². The molecule has 5 heteroatoms. The number of nitrogens with one attached hydrogen (secondary N) is 2. The summed E-state index contributed by atoms with van der Waals surface area (Å²) in [4.78, 5) is 22.8. The summed E-state index contributed by atoms with van der Waals surface area (Å²) in [6.07, 6.45) is 0. The molecule has 0 fully saturated rings. The fourth-order valence-corrected chi connectivity index (χ4v) is 1.11. The largest absolute Gasteiger partial charge is 0.466 e. The van der Waals surface area contributed by atoms with E-state index in [0.717, 1.165) is 0 Å². The Morgan fingerprint density at radius 2 is 1.69 bits per heavy atom. The lowest BCUT2D eigenvalue weighted by atomic mass is 10.0. The lowest BCUT2D eigenvalue weighted by Crippen LogP contribution is -2.47. The topological polar surface area (TPSA) is 67.4 Å². The van der Waals surface area contributed by atoms with Gasteiger partial charge in [0, 0.05) is 12.1 Å². The van der Waals surface area contributed by atoms with Crippen LogP contribution in [0.1, 0.15) is 34.6 Å². The molecule has 0 saturated carbocycles. The minimum atomic E-state index is -0.349. The van der Waals surface area contributed by atoms with Crippen LogP contribution in [-0.4, -0.2) is 30.7 Å². The Bertz CT molecular complexity index is 241. The van der Waals surface area contributed by atoms with Crippen LogP contribution in [-0.2, 0) is 9.53 Å². The van der Waals surface area contributed by atoms with E-state index in [-0.39, 0.29) is 30.0 Å². The minimum Gasteiger partial charge on any atom is -0.466 e. The number of carbonyl (C=O) groups is 2. The first kappa shape index (κ1) is 14.7. The van der Waals surface area contributed by atoms with E-state index in [1.807, 2.05) is 13.8 Å². The molecule has 0 heterocycles. The molecule has 16 heavy (non-hydrogen) atoms. The van der Waals surface area contributed by atoms with Gasteiger partial charge in [-0.2, -0.15) is 0 Å². The van der Waals surface area contributed by atoms with Crippen molar-refractivity contribution in [1.29, 1.82) is 0 Å². The van der Waals surface area contributed by atoms with Crippen molar-refractivity contribution >= 4 is 12.0 Å². The molecule has 2 amide bonds. The SMILES string of the molecule is CCOC(=O)[C@H](C)[C@@H](C)NC(=O)NC(C)C. The van der Waals surface area contributed by atoms with Crippen molar-refractivity contribution in [2.45, 2.75) is 46.7 Å². The molecule has 0 bridgehead atoms. The summed E-state index contributed by atoms with van der Waals surface area (Å²) in [5.74, 6) is -0.641. The molecule has 0 radical (unpaired) electrons. The number of hydrogen-bond acceptors (Lipinski definition) is 3. The monoisotopic (exact) mass is 230 g/mol. The Morgan fingerprint density at radius 1 is 1.12 bits per heavy atom. The van der Waals surface area contributed by atoms with Gasteiger partial charge in [-0.05, 0) is 34.6 Å². The van der Waals surface area contributed by atoms with Crippen molar-refractivity contribution in [3.05, 3.63) is 0 Å². The van der Waals surface area contributed by atoms with Gasteiger partial charge < -0.3 is 15.4 Å². The highest BCUT2D eigenvalue weighted by molar-refractivity contribution is 5.77. The molecule has 0 saturated heterocycles. The maximum atomic E-state index is 11.4. The molecule has 0 aromatic heterocycles. The Morgan fingerprint density at radius 3 is 2.12 bits per heavy atom. The van der Waals surface area contributed by atoms with Crippen molar-refractivity contribution in [3.8, 4) is 0 Å². The number of ether oxygens (including phenoxy) is 1. The number of esters is 1. The summed E-state index contributed by atoms with van der Waals surface area (Å²) in [6, 6.07) is -0.443. The summed E-state index contributed by atoms with van der Waals surface area (Å²) in [5, 5.41) is 5.40. The van der Waals surface area contributed by atoms with E-state index < -0.39 is 0 Å². The zero-order chi connectivity index (χ0) is 12.7. The summed E-state index contributed by atoms with van der Waals surface area (Å²) < 4.78 is 4.88. The standard InChI is InChI=1S/C11H22N2O3/c1-6-16-10(14)8(4)9(5)13-11(15)12-7(2)3/h7-9H,6H2,1-5H3,(H2,12,13,15)/t8-,9-/m1/s1. The van der Waals surface area contributed by atoms with Gasteiger partial charge in [-0.15, -0.1) is 0 Å². The maximum Gasteiger partial charge on any atom is 0.315 e. The van der Waals surface area contributed by atoms with Crippen LogP contribution in [0.2, 0.25) is 0 Å². The molecular formula is C11H22N2O3. The third-order valence-corrected chi connectivity index (χ3v) is 2.19. The fourth-order valence-electron chi connectivity index (χ4n) is 1.11. The summed E-state index contributed by atoms with van der Waals surface area (Å²) in [5.41, 5.74) is 0. The Hall–Kier alpha value is -1.26. The molecule has 0 aromatic carbocycles. The number of rotatable bonds is 5. The van der Waals surface area contributed by atoms with E-state index in [0.29, 0.717) is 6.61 Å². The zero-order valence-corrected chi connectivity index (χ0v) is 10.7. The lowest BCUT2D eigenvalue weighted by molar-refractivity contribution is -0.148. The molecule has 2 atom stereocenters. The lowest BCUT2D eigenvalue weighted by Gasteiger charge is -2.20. The van der Waals surface area contributed by atoms with E-state index in [2.05, 4.69) is 10.6 Å². The predicted octanol–water partition coefficient (Wildman–Crippen LogP) is 1.28. The van der Waals surface area contributed by atoms with Crippen LogP contribution in [0.15, 0.2) is 0 Å². The van der Waals surface area contributed by atoms with Gasteiger partial charge in [0.2, 0.25) is 0 Å². The second-order valence-electron chi connectivity index (χ2n) is 4.10. The molecule has 0 aromatic rings. The molecule has 0 aliphatic rings. The quantitative estimate of drug-likeness (QED) is 0.699. The van der Waals surface area contributed by atoms with Crippen LogP contribution in [0.5, 0.6) is 0 Å². The van der Waals surface area contributed by atoms with Gasteiger partial charge in [0.25, 0.3) is 0 Å². The Labute approximate surface area is 96.9 Å². The first-order valence-electron chi connectivity index (χ1n) is 5.62. The highest BCUT2D eigenvalue weighted by atomic mass is 16.5. The summed E-state index contributed by atoms with van der Waals surface area (Å²) >= 11 is 0. The molecule has 0 rings (SSSR count). The first-order valence-corrected chi connectivity index (χ1v) is 5.62. The molecule has 0 unspecified atom stereocenters. The third-order valence-electron chi connectivity index (χ3n) is 2.19. The molecule has 0 aliphatic heterocycles. The fraction of sp³-hybridized carbons (Fsp3) is 0.818. The summed E-state index contributed by atoms with van der Waals surface area (Å²) in [6.45, 7) is 9.38. The van der Waals surface area contributed by atoms with Crippen LogP contribution in [0.4, 0.5) is 4.79 Å².